The average molecular weight is 574 g/mol. The normalized spacial score (nSPS) is 12.0. The lowest BCUT2D eigenvalue weighted by atomic mass is 10.0. The maximum absolute atomic E-state index is 13.9. The minimum Gasteiger partial charge on any atom is -0.354 e. The molecule has 7 nitrogen and oxygen atoms in total. The third kappa shape index (κ3) is 8.80. The number of hydrogen-bond acceptors (Lipinski definition) is 4. The Morgan fingerprint density at radius 2 is 1.59 bits per heavy atom. The molecule has 2 amide bonds. The van der Waals surface area contributed by atoms with E-state index < -0.39 is 34.3 Å². The van der Waals surface area contributed by atoms with Gasteiger partial charge in [0.15, 0.2) is 0 Å². The molecule has 0 saturated heterocycles. The molecule has 3 aromatic rings. The molecule has 0 aliphatic carbocycles. The third-order valence-electron chi connectivity index (χ3n) is 6.17. The van der Waals surface area contributed by atoms with Crippen LogP contribution in [0.3, 0.4) is 0 Å². The molecule has 39 heavy (non-hydrogen) atoms. The molecular formula is C29H33ClFN3O4S. The number of carbonyl (C=O) groups is 2. The molecule has 3 rings (SSSR count). The third-order valence-corrected chi connectivity index (χ3v) is 7.61. The highest BCUT2D eigenvalue weighted by Gasteiger charge is 2.33. The first-order valence-electron chi connectivity index (χ1n) is 12.7. The Morgan fingerprint density at radius 1 is 0.949 bits per heavy atom. The lowest BCUT2D eigenvalue weighted by molar-refractivity contribution is -0.140. The van der Waals surface area contributed by atoms with Crippen LogP contribution in [0.5, 0.6) is 0 Å². The zero-order valence-corrected chi connectivity index (χ0v) is 23.6. The van der Waals surface area contributed by atoms with E-state index in [0.29, 0.717) is 12.1 Å². The summed E-state index contributed by atoms with van der Waals surface area (Å²) in [5.41, 5.74) is 1.58. The molecule has 0 aromatic heterocycles. The highest BCUT2D eigenvalue weighted by Crippen LogP contribution is 2.27. The van der Waals surface area contributed by atoms with Gasteiger partial charge in [-0.15, -0.1) is 0 Å². The fourth-order valence-corrected chi connectivity index (χ4v) is 5.24. The topological polar surface area (TPSA) is 86.8 Å². The number of benzene rings is 3. The van der Waals surface area contributed by atoms with Gasteiger partial charge in [-0.2, -0.15) is 0 Å². The second-order valence-corrected chi connectivity index (χ2v) is 11.5. The molecule has 0 radical (unpaired) electrons. The van der Waals surface area contributed by atoms with Crippen molar-refractivity contribution in [2.75, 3.05) is 23.7 Å². The lowest BCUT2D eigenvalue weighted by Crippen LogP contribution is -2.53. The van der Waals surface area contributed by atoms with Crippen molar-refractivity contribution in [3.63, 3.8) is 0 Å². The number of para-hydroxylation sites is 1. The fourth-order valence-electron chi connectivity index (χ4n) is 4.10. The van der Waals surface area contributed by atoms with Gasteiger partial charge in [-0.1, -0.05) is 79.5 Å². The summed E-state index contributed by atoms with van der Waals surface area (Å²) in [7, 11) is -3.92. The molecule has 0 unspecified atom stereocenters. The van der Waals surface area contributed by atoms with E-state index in [1.54, 1.807) is 12.1 Å². The monoisotopic (exact) mass is 573 g/mol. The molecule has 3 aromatic carbocycles. The summed E-state index contributed by atoms with van der Waals surface area (Å²) in [6.45, 7) is 1.84. The van der Waals surface area contributed by atoms with Crippen molar-refractivity contribution in [2.24, 2.45) is 0 Å². The Kier molecular flexibility index (Phi) is 10.9. The van der Waals surface area contributed by atoms with Gasteiger partial charge in [0.1, 0.15) is 18.4 Å². The summed E-state index contributed by atoms with van der Waals surface area (Å²) in [6, 6.07) is 20.3. The molecule has 0 fully saturated rings. The molecule has 0 aliphatic rings. The largest absolute Gasteiger partial charge is 0.354 e. The van der Waals surface area contributed by atoms with Gasteiger partial charge < -0.3 is 10.2 Å². The van der Waals surface area contributed by atoms with Crippen molar-refractivity contribution in [3.05, 3.63) is 101 Å². The second-order valence-electron chi connectivity index (χ2n) is 9.22. The van der Waals surface area contributed by atoms with Crippen LogP contribution in [0.25, 0.3) is 0 Å². The van der Waals surface area contributed by atoms with Crippen LogP contribution in [0.15, 0.2) is 78.9 Å². The molecule has 1 atom stereocenters. The molecule has 0 heterocycles. The Morgan fingerprint density at radius 3 is 2.21 bits per heavy atom. The summed E-state index contributed by atoms with van der Waals surface area (Å²) < 4.78 is 40.1. The van der Waals surface area contributed by atoms with Gasteiger partial charge in [0.25, 0.3) is 0 Å². The maximum Gasteiger partial charge on any atom is 0.244 e. The summed E-state index contributed by atoms with van der Waals surface area (Å²) >= 11 is 6.29. The van der Waals surface area contributed by atoms with Gasteiger partial charge in [-0.05, 0) is 41.8 Å². The number of anilines is 1. The highest BCUT2D eigenvalue weighted by molar-refractivity contribution is 7.92. The van der Waals surface area contributed by atoms with Gasteiger partial charge in [-0.3, -0.25) is 13.9 Å². The summed E-state index contributed by atoms with van der Waals surface area (Å²) in [5, 5.41) is 3.08. The van der Waals surface area contributed by atoms with Crippen molar-refractivity contribution in [1.29, 1.82) is 0 Å². The number of hydrogen-bond donors (Lipinski definition) is 1. The second kappa shape index (κ2) is 14.1. The number of carbonyl (C=O) groups excluding carboxylic acids is 2. The number of nitrogens with one attached hydrogen (secondary N) is 1. The number of nitrogens with zero attached hydrogens (tertiary/aromatic N) is 2. The van der Waals surface area contributed by atoms with E-state index in [9.17, 15) is 22.4 Å². The first-order chi connectivity index (χ1) is 18.6. The van der Waals surface area contributed by atoms with E-state index in [4.69, 9.17) is 11.6 Å². The predicted octanol–water partition coefficient (Wildman–Crippen LogP) is 4.80. The summed E-state index contributed by atoms with van der Waals surface area (Å²) in [4.78, 5) is 28.8. The quantitative estimate of drug-likeness (QED) is 0.298. The van der Waals surface area contributed by atoms with Crippen LogP contribution in [0, 0.1) is 5.82 Å². The van der Waals surface area contributed by atoms with Crippen LogP contribution in [0.4, 0.5) is 10.1 Å². The van der Waals surface area contributed by atoms with Crippen LogP contribution in [-0.4, -0.2) is 50.5 Å². The number of unbranched alkanes of at least 4 members (excludes halogenated alkanes) is 1. The van der Waals surface area contributed by atoms with Gasteiger partial charge in [-0.25, -0.2) is 12.8 Å². The smallest absolute Gasteiger partial charge is 0.244 e. The highest BCUT2D eigenvalue weighted by atomic mass is 35.5. The first kappa shape index (κ1) is 30.1. The zero-order chi connectivity index (χ0) is 28.4. The van der Waals surface area contributed by atoms with E-state index in [2.05, 4.69) is 5.32 Å². The molecule has 10 heteroatoms. The van der Waals surface area contributed by atoms with Gasteiger partial charge in [0, 0.05) is 19.5 Å². The molecule has 0 saturated carbocycles. The van der Waals surface area contributed by atoms with Crippen molar-refractivity contribution < 1.29 is 22.4 Å². The van der Waals surface area contributed by atoms with E-state index >= 15 is 0 Å². The summed E-state index contributed by atoms with van der Waals surface area (Å²) in [5.74, 6) is -1.39. The Hall–Kier alpha value is -3.43. The predicted molar refractivity (Wildman–Crippen MR) is 152 cm³/mol. The lowest BCUT2D eigenvalue weighted by Gasteiger charge is -2.33. The molecule has 0 bridgehead atoms. The molecule has 0 aliphatic heterocycles. The standard InChI is InChI=1S/C29H33ClFN3O4S/c1-3-4-18-32-29(36)27(19-22-10-6-5-7-11-22)33(20-23-14-16-24(31)17-15-23)28(35)21-34(39(2,37)38)26-13-9-8-12-25(26)30/h5-17,27H,3-4,18-21H2,1-2H3,(H,32,36)/t27-/m0/s1. The number of rotatable bonds is 13. The minimum absolute atomic E-state index is 0.0298. The van der Waals surface area contributed by atoms with Crippen LogP contribution >= 0.6 is 11.6 Å². The van der Waals surface area contributed by atoms with Gasteiger partial charge >= 0.3 is 0 Å². The van der Waals surface area contributed by atoms with Gasteiger partial charge in [0.05, 0.1) is 17.0 Å². The first-order valence-corrected chi connectivity index (χ1v) is 14.9. The Bertz CT molecular complexity index is 1350. The average Bonchev–Trinajstić information content (AvgIpc) is 2.91. The SMILES string of the molecule is CCCCNC(=O)[C@H](Cc1ccccc1)N(Cc1ccc(F)cc1)C(=O)CN(c1ccccc1Cl)S(C)(=O)=O. The zero-order valence-electron chi connectivity index (χ0n) is 22.0. The summed E-state index contributed by atoms with van der Waals surface area (Å²) in [6.07, 6.45) is 2.84. The van der Waals surface area contributed by atoms with Crippen molar-refractivity contribution in [1.82, 2.24) is 10.2 Å². The molecule has 1 N–H and O–H groups in total. The van der Waals surface area contributed by atoms with E-state index in [1.807, 2.05) is 37.3 Å². The Balaban J connectivity index is 2.03. The van der Waals surface area contributed by atoms with Crippen molar-refractivity contribution in [2.45, 2.75) is 38.8 Å². The molecule has 208 valence electrons. The van der Waals surface area contributed by atoms with Crippen LogP contribution in [-0.2, 0) is 32.6 Å². The van der Waals surface area contributed by atoms with E-state index in [-0.39, 0.29) is 29.6 Å². The van der Waals surface area contributed by atoms with Crippen LogP contribution in [0.2, 0.25) is 5.02 Å². The van der Waals surface area contributed by atoms with E-state index in [1.165, 1.54) is 41.3 Å². The van der Waals surface area contributed by atoms with Crippen LogP contribution < -0.4 is 9.62 Å². The van der Waals surface area contributed by atoms with Gasteiger partial charge in [0.2, 0.25) is 21.8 Å². The van der Waals surface area contributed by atoms with E-state index in [0.717, 1.165) is 29.0 Å². The number of sulfonamides is 1. The number of amides is 2. The van der Waals surface area contributed by atoms with Crippen molar-refractivity contribution in [3.8, 4) is 0 Å². The van der Waals surface area contributed by atoms with Crippen LogP contribution in [0.1, 0.15) is 30.9 Å². The Labute approximate surface area is 234 Å². The molecule has 0 spiro atoms. The maximum atomic E-state index is 13.9. The minimum atomic E-state index is -3.92. The number of halogens is 2. The fraction of sp³-hybridized carbons (Fsp3) is 0.310. The molecular weight excluding hydrogens is 541 g/mol. The van der Waals surface area contributed by atoms with Crippen molar-refractivity contribution >= 4 is 39.1 Å².